The van der Waals surface area contributed by atoms with E-state index in [0.717, 1.165) is 37.0 Å². The minimum Gasteiger partial charge on any atom is -0.493 e. The number of nitrogens with zero attached hydrogens (tertiary/aromatic N) is 2. The zero-order valence-corrected chi connectivity index (χ0v) is 22.4. The maximum atomic E-state index is 15.3. The number of anilines is 2. The maximum Gasteiger partial charge on any atom is 0.273 e. The van der Waals surface area contributed by atoms with E-state index < -0.39 is 29.6 Å². The number of hydrogen-bond donors (Lipinski definition) is 3. The van der Waals surface area contributed by atoms with Crippen molar-refractivity contribution in [2.75, 3.05) is 24.9 Å². The van der Waals surface area contributed by atoms with Gasteiger partial charge in [-0.15, -0.1) is 0 Å². The van der Waals surface area contributed by atoms with Gasteiger partial charge in [0.1, 0.15) is 16.7 Å². The molecule has 0 radical (unpaired) electrons. The number of rotatable bonds is 9. The third-order valence-corrected chi connectivity index (χ3v) is 7.52. The lowest BCUT2D eigenvalue weighted by Gasteiger charge is -2.33. The van der Waals surface area contributed by atoms with Gasteiger partial charge in [0.2, 0.25) is 5.91 Å². The second-order valence-corrected chi connectivity index (χ2v) is 9.90. The lowest BCUT2D eigenvalue weighted by molar-refractivity contribution is -0.123. The first-order valence-electron chi connectivity index (χ1n) is 12.4. The van der Waals surface area contributed by atoms with Crippen LogP contribution in [0.1, 0.15) is 63.9 Å². The normalized spacial score (nSPS) is 14.3. The molecule has 39 heavy (non-hydrogen) atoms. The van der Waals surface area contributed by atoms with Crippen molar-refractivity contribution in [2.24, 2.45) is 5.73 Å². The summed E-state index contributed by atoms with van der Waals surface area (Å²) in [5.41, 5.74) is 11.1. The maximum absolute atomic E-state index is 15.3. The molecule has 0 saturated heterocycles. The predicted octanol–water partition coefficient (Wildman–Crippen LogP) is 3.82. The SMILES string of the molecule is COc1ccc(C(C(=O)NC2CCCCC2)N(C(=O)c2snc(C(N)=O)c2N)c2ccccc2F)cc1OC. The summed E-state index contributed by atoms with van der Waals surface area (Å²) in [6.45, 7) is 0. The number of nitrogen functional groups attached to an aromatic ring is 1. The Bertz CT molecular complexity index is 1370. The van der Waals surface area contributed by atoms with Crippen molar-refractivity contribution in [3.05, 3.63) is 64.4 Å². The van der Waals surface area contributed by atoms with Crippen LogP contribution in [0.25, 0.3) is 0 Å². The number of primary amides is 1. The highest BCUT2D eigenvalue weighted by Gasteiger charge is 2.38. The van der Waals surface area contributed by atoms with Gasteiger partial charge >= 0.3 is 0 Å². The number of nitrogens with two attached hydrogens (primary N) is 2. The first kappa shape index (κ1) is 27.8. The van der Waals surface area contributed by atoms with E-state index in [2.05, 4.69) is 9.69 Å². The molecule has 1 unspecified atom stereocenters. The van der Waals surface area contributed by atoms with Crippen LogP contribution in [0, 0.1) is 5.82 Å². The van der Waals surface area contributed by atoms with Crippen molar-refractivity contribution in [2.45, 2.75) is 44.2 Å². The number of halogens is 1. The number of benzene rings is 2. The monoisotopic (exact) mass is 555 g/mol. The summed E-state index contributed by atoms with van der Waals surface area (Å²) in [5.74, 6) is -2.24. The number of amides is 3. The Kier molecular flexibility index (Phi) is 8.65. The first-order valence-corrected chi connectivity index (χ1v) is 13.2. The molecule has 1 heterocycles. The standard InChI is InChI=1S/C27H30FN5O5S/c1-37-19-13-12-15(14-20(19)38-2)23(26(35)31-16-8-4-3-5-9-16)33(18-11-7-6-10-17(18)28)27(36)24-21(29)22(25(30)34)32-39-24/h6-7,10-14,16,23H,3-5,8-9,29H2,1-2H3,(H2,30,34)(H,31,35). The van der Waals surface area contributed by atoms with Crippen molar-refractivity contribution in [1.82, 2.24) is 9.69 Å². The Balaban J connectivity index is 1.90. The number of carbonyl (C=O) groups excluding carboxylic acids is 3. The fraction of sp³-hybridized carbons (Fsp3) is 0.333. The van der Waals surface area contributed by atoms with E-state index >= 15 is 4.39 Å². The summed E-state index contributed by atoms with van der Waals surface area (Å²) in [7, 11) is 2.92. The second kappa shape index (κ2) is 12.1. The van der Waals surface area contributed by atoms with Crippen LogP contribution in [0.15, 0.2) is 42.5 Å². The highest BCUT2D eigenvalue weighted by molar-refractivity contribution is 7.09. The molecule has 12 heteroatoms. The molecular formula is C27H30FN5O5S. The van der Waals surface area contributed by atoms with Crippen LogP contribution in [-0.2, 0) is 4.79 Å². The van der Waals surface area contributed by atoms with Crippen molar-refractivity contribution in [1.29, 1.82) is 0 Å². The molecule has 4 rings (SSSR count). The average Bonchev–Trinajstić information content (AvgIpc) is 3.33. The molecule has 1 fully saturated rings. The number of para-hydroxylation sites is 1. The van der Waals surface area contributed by atoms with Crippen LogP contribution in [-0.4, -0.2) is 42.4 Å². The molecule has 206 valence electrons. The Morgan fingerprint density at radius 1 is 1.08 bits per heavy atom. The van der Waals surface area contributed by atoms with Gasteiger partial charge in [0.15, 0.2) is 17.2 Å². The van der Waals surface area contributed by atoms with Gasteiger partial charge in [-0.25, -0.2) is 4.39 Å². The Morgan fingerprint density at radius 3 is 2.38 bits per heavy atom. The summed E-state index contributed by atoms with van der Waals surface area (Å²) < 4.78 is 30.0. The molecule has 1 aliphatic rings. The highest BCUT2D eigenvalue weighted by atomic mass is 32.1. The molecule has 0 bridgehead atoms. The predicted molar refractivity (Wildman–Crippen MR) is 146 cm³/mol. The molecule has 0 aliphatic heterocycles. The zero-order valence-electron chi connectivity index (χ0n) is 21.6. The minimum absolute atomic E-state index is 0.0959. The van der Waals surface area contributed by atoms with E-state index in [1.165, 1.54) is 32.4 Å². The van der Waals surface area contributed by atoms with Crippen molar-refractivity contribution in [3.63, 3.8) is 0 Å². The highest BCUT2D eigenvalue weighted by Crippen LogP contribution is 2.37. The van der Waals surface area contributed by atoms with Crippen molar-refractivity contribution >= 4 is 40.6 Å². The number of methoxy groups -OCH3 is 2. The number of carbonyl (C=O) groups is 3. The Morgan fingerprint density at radius 2 is 1.77 bits per heavy atom. The van der Waals surface area contributed by atoms with Crippen LogP contribution in [0.2, 0.25) is 0 Å². The number of aromatic nitrogens is 1. The second-order valence-electron chi connectivity index (χ2n) is 9.13. The van der Waals surface area contributed by atoms with Crippen LogP contribution < -0.4 is 31.2 Å². The summed E-state index contributed by atoms with van der Waals surface area (Å²) in [6, 6.07) is 8.94. The molecule has 10 nitrogen and oxygen atoms in total. The summed E-state index contributed by atoms with van der Waals surface area (Å²) >= 11 is 0.649. The molecule has 2 aromatic carbocycles. The molecule has 1 aromatic heterocycles. The van der Waals surface area contributed by atoms with Gasteiger partial charge < -0.3 is 26.3 Å². The van der Waals surface area contributed by atoms with Gasteiger partial charge in [0.05, 0.1) is 25.6 Å². The van der Waals surface area contributed by atoms with Gasteiger partial charge in [-0.2, -0.15) is 4.37 Å². The Labute approximate surface area is 229 Å². The lowest BCUT2D eigenvalue weighted by Crippen LogP contribution is -2.47. The van der Waals surface area contributed by atoms with E-state index in [1.54, 1.807) is 24.3 Å². The lowest BCUT2D eigenvalue weighted by atomic mass is 9.94. The quantitative estimate of drug-likeness (QED) is 0.363. The molecule has 1 atom stereocenters. The fourth-order valence-electron chi connectivity index (χ4n) is 4.72. The van der Waals surface area contributed by atoms with E-state index in [1.807, 2.05) is 0 Å². The number of ether oxygens (including phenoxy) is 2. The molecule has 3 amide bonds. The number of hydrogen-bond acceptors (Lipinski definition) is 8. The van der Waals surface area contributed by atoms with Gasteiger partial charge in [0, 0.05) is 6.04 Å². The van der Waals surface area contributed by atoms with Crippen LogP contribution >= 0.6 is 11.5 Å². The minimum atomic E-state index is -1.34. The molecule has 3 aromatic rings. The third kappa shape index (κ3) is 5.80. The summed E-state index contributed by atoms with van der Waals surface area (Å²) in [4.78, 5) is 40.8. The van der Waals surface area contributed by atoms with Crippen molar-refractivity contribution in [3.8, 4) is 11.5 Å². The summed E-state index contributed by atoms with van der Waals surface area (Å²) in [5, 5.41) is 3.05. The van der Waals surface area contributed by atoms with Gasteiger partial charge in [-0.1, -0.05) is 37.5 Å². The van der Waals surface area contributed by atoms with Gasteiger partial charge in [-0.05, 0) is 54.2 Å². The summed E-state index contributed by atoms with van der Waals surface area (Å²) in [6.07, 6.45) is 4.60. The van der Waals surface area contributed by atoms with Gasteiger partial charge in [-0.3, -0.25) is 19.3 Å². The topological polar surface area (TPSA) is 150 Å². The zero-order chi connectivity index (χ0) is 28.1. The van der Waals surface area contributed by atoms with Crippen LogP contribution in [0.3, 0.4) is 0 Å². The molecule has 0 spiro atoms. The smallest absolute Gasteiger partial charge is 0.273 e. The largest absolute Gasteiger partial charge is 0.493 e. The molecule has 1 saturated carbocycles. The van der Waals surface area contributed by atoms with E-state index in [4.69, 9.17) is 20.9 Å². The number of nitrogens with one attached hydrogen (secondary N) is 1. The fourth-order valence-corrected chi connectivity index (χ4v) is 5.46. The third-order valence-electron chi connectivity index (χ3n) is 6.67. The van der Waals surface area contributed by atoms with Crippen molar-refractivity contribution < 1.29 is 28.2 Å². The first-order chi connectivity index (χ1) is 18.8. The van der Waals surface area contributed by atoms with E-state index in [0.29, 0.717) is 28.6 Å². The van der Waals surface area contributed by atoms with E-state index in [9.17, 15) is 14.4 Å². The van der Waals surface area contributed by atoms with Crippen LogP contribution in [0.4, 0.5) is 15.8 Å². The molecule has 5 N–H and O–H groups in total. The average molecular weight is 556 g/mol. The molecule has 1 aliphatic carbocycles. The van der Waals surface area contributed by atoms with E-state index in [-0.39, 0.29) is 28.0 Å². The van der Waals surface area contributed by atoms with Gasteiger partial charge in [0.25, 0.3) is 11.8 Å². The Hall–Kier alpha value is -4.19. The molecular weight excluding hydrogens is 525 g/mol. The van der Waals surface area contributed by atoms with Crippen LogP contribution in [0.5, 0.6) is 11.5 Å².